The van der Waals surface area contributed by atoms with E-state index in [0.29, 0.717) is 48.6 Å². The van der Waals surface area contributed by atoms with Crippen LogP contribution in [0.25, 0.3) is 0 Å². The first-order chi connectivity index (χ1) is 26.4. The van der Waals surface area contributed by atoms with Crippen molar-refractivity contribution in [1.82, 2.24) is 40.0 Å². The highest BCUT2D eigenvalue weighted by Gasteiger charge is 2.59. The van der Waals surface area contributed by atoms with Crippen LogP contribution >= 0.6 is 11.6 Å². The zero-order valence-electron chi connectivity index (χ0n) is 32.1. The predicted octanol–water partition coefficient (Wildman–Crippen LogP) is 6.05. The van der Waals surface area contributed by atoms with Crippen LogP contribution in [0.5, 0.6) is 0 Å². The second-order valence-corrected chi connectivity index (χ2v) is 16.7. The molecular weight excluding hydrogens is 746 g/mol. The van der Waals surface area contributed by atoms with Gasteiger partial charge in [0.2, 0.25) is 5.91 Å². The number of piperazine rings is 1. The van der Waals surface area contributed by atoms with E-state index in [4.69, 9.17) is 11.6 Å². The van der Waals surface area contributed by atoms with Crippen LogP contribution in [0.2, 0.25) is 5.02 Å². The average molecular weight is 791 g/mol. The summed E-state index contributed by atoms with van der Waals surface area (Å²) in [6.45, 7) is 13.4. The van der Waals surface area contributed by atoms with E-state index in [1.807, 2.05) is 56.4 Å². The summed E-state index contributed by atoms with van der Waals surface area (Å²) in [5, 5.41) is 20.4. The maximum atomic E-state index is 13.9. The first-order valence-electron chi connectivity index (χ1n) is 18.5. The number of H-pyrrole nitrogens is 2. The molecule has 1 saturated heterocycles. The highest BCUT2D eigenvalue weighted by molar-refractivity contribution is 6.30. The minimum Gasteiger partial charge on any atom is -0.327 e. The van der Waals surface area contributed by atoms with Crippen molar-refractivity contribution in [2.75, 3.05) is 43.9 Å². The molecule has 17 heteroatoms. The number of fused-ring (bicyclic) bond motifs is 3. The molecule has 5 amide bonds. The standard InChI is InChI=1S/C20H22F2N6O2.C19H23ClN4O2/c1-26-6-8-27(9-7-26)19(30)28-11-14-16(20(28)4-5-20)24-25-17(14)23-18(29)13-3-2-12(21)10-15(13)22;1-18(2,3)17(26)24-10-13-14(19(24,4)5)22-23-15(13)21-16(25)11-6-8-12(20)9-7-11/h2-3,10H,4-9,11H2,1H3,(H2,23,24,25,29);6-9H,10H2,1-5H3,(H2,21,22,23,25). The number of carbonyl (C=O) groups excluding carboxylic acids is 4. The number of rotatable bonds is 4. The number of hydrogen-bond donors (Lipinski definition) is 4. The van der Waals surface area contributed by atoms with E-state index in [-0.39, 0.29) is 29.2 Å². The van der Waals surface area contributed by atoms with Crippen molar-refractivity contribution in [3.8, 4) is 0 Å². The molecule has 0 atom stereocenters. The number of nitrogens with one attached hydrogen (secondary N) is 4. The number of urea groups is 1. The fourth-order valence-corrected chi connectivity index (χ4v) is 7.61. The van der Waals surface area contributed by atoms with E-state index in [9.17, 15) is 28.0 Å². The quantitative estimate of drug-likeness (QED) is 0.196. The molecule has 1 saturated carbocycles. The molecule has 3 aliphatic heterocycles. The third-order valence-electron chi connectivity index (χ3n) is 11.0. The Bertz CT molecular complexity index is 2200. The third-order valence-corrected chi connectivity index (χ3v) is 11.2. The van der Waals surface area contributed by atoms with E-state index in [1.54, 1.807) is 24.3 Å². The molecule has 4 aromatic rings. The van der Waals surface area contributed by atoms with Gasteiger partial charge in [0, 0.05) is 59.4 Å². The van der Waals surface area contributed by atoms with Gasteiger partial charge in [0.25, 0.3) is 11.8 Å². The lowest BCUT2D eigenvalue weighted by Gasteiger charge is -2.37. The molecular formula is C39H45ClF2N10O4. The predicted molar refractivity (Wildman–Crippen MR) is 205 cm³/mol. The Kier molecular flexibility index (Phi) is 9.94. The van der Waals surface area contributed by atoms with Gasteiger partial charge in [-0.25, -0.2) is 13.6 Å². The molecule has 2 aromatic carbocycles. The van der Waals surface area contributed by atoms with Crippen molar-refractivity contribution in [2.45, 2.75) is 71.6 Å². The molecule has 0 unspecified atom stereocenters. The summed E-state index contributed by atoms with van der Waals surface area (Å²) in [5.41, 5.74) is 2.09. The van der Waals surface area contributed by atoms with Gasteiger partial charge in [-0.15, -0.1) is 0 Å². The van der Waals surface area contributed by atoms with Crippen LogP contribution in [-0.4, -0.2) is 97.0 Å². The molecule has 1 aliphatic carbocycles. The SMILES string of the molecule is CC(C)(C)C(=O)N1Cc2c(NC(=O)c3ccc(Cl)cc3)n[nH]c2C1(C)C.CN1CCN(C(=O)N2Cc3c(NC(=O)c4ccc(F)cc4F)n[nH]c3C23CC3)CC1. The first kappa shape index (κ1) is 38.9. The lowest BCUT2D eigenvalue weighted by Crippen LogP contribution is -2.52. The molecule has 4 aliphatic rings. The molecule has 8 rings (SSSR count). The van der Waals surface area contributed by atoms with Gasteiger partial charge in [-0.05, 0) is 70.1 Å². The molecule has 56 heavy (non-hydrogen) atoms. The summed E-state index contributed by atoms with van der Waals surface area (Å²) in [4.78, 5) is 58.7. The normalized spacial score (nSPS) is 17.9. The number of anilines is 2. The Hall–Kier alpha value is -5.35. The van der Waals surface area contributed by atoms with Crippen LogP contribution in [-0.2, 0) is 29.0 Å². The van der Waals surface area contributed by atoms with Crippen LogP contribution in [0.1, 0.15) is 90.7 Å². The Labute approximate surface area is 327 Å². The lowest BCUT2D eigenvalue weighted by atomic mass is 9.92. The van der Waals surface area contributed by atoms with E-state index in [1.165, 1.54) is 0 Å². The Morgan fingerprint density at radius 2 is 1.38 bits per heavy atom. The molecule has 0 bridgehead atoms. The van der Waals surface area contributed by atoms with Crippen molar-refractivity contribution in [3.05, 3.63) is 92.8 Å². The number of aromatic nitrogens is 4. The molecule has 2 fully saturated rings. The van der Waals surface area contributed by atoms with Gasteiger partial charge in [0.1, 0.15) is 11.6 Å². The van der Waals surface area contributed by atoms with Gasteiger partial charge in [-0.1, -0.05) is 32.4 Å². The fraction of sp³-hybridized carbons (Fsp3) is 0.436. The molecule has 5 heterocycles. The average Bonchev–Trinajstić information content (AvgIpc) is 3.37. The van der Waals surface area contributed by atoms with Gasteiger partial charge in [-0.3, -0.25) is 24.6 Å². The van der Waals surface area contributed by atoms with Gasteiger partial charge >= 0.3 is 6.03 Å². The Morgan fingerprint density at radius 1 is 0.804 bits per heavy atom. The number of amides is 5. The fourth-order valence-electron chi connectivity index (χ4n) is 7.49. The van der Waals surface area contributed by atoms with Gasteiger partial charge in [0.05, 0.1) is 41.1 Å². The minimum atomic E-state index is -0.940. The number of hydrogen-bond acceptors (Lipinski definition) is 7. The largest absolute Gasteiger partial charge is 0.327 e. The number of carbonyl (C=O) groups is 4. The highest BCUT2D eigenvalue weighted by Crippen LogP contribution is 2.57. The Morgan fingerprint density at radius 3 is 1.96 bits per heavy atom. The monoisotopic (exact) mass is 790 g/mol. The van der Waals surface area contributed by atoms with Crippen molar-refractivity contribution in [3.63, 3.8) is 0 Å². The number of halogens is 3. The second kappa shape index (κ2) is 14.3. The number of benzene rings is 2. The molecule has 296 valence electrons. The van der Waals surface area contributed by atoms with Gasteiger partial charge in [0.15, 0.2) is 11.6 Å². The van der Waals surface area contributed by atoms with E-state index >= 15 is 0 Å². The number of likely N-dealkylation sites (N-methyl/N-ethyl adjacent to an activating group) is 1. The van der Waals surface area contributed by atoms with E-state index in [2.05, 4.69) is 35.9 Å². The van der Waals surface area contributed by atoms with Crippen LogP contribution in [0.15, 0.2) is 42.5 Å². The molecule has 1 spiro atoms. The summed E-state index contributed by atoms with van der Waals surface area (Å²) in [7, 11) is 2.04. The summed E-state index contributed by atoms with van der Waals surface area (Å²) in [5.74, 6) is -1.88. The van der Waals surface area contributed by atoms with E-state index < -0.39 is 34.0 Å². The molecule has 14 nitrogen and oxygen atoms in total. The highest BCUT2D eigenvalue weighted by atomic mass is 35.5. The molecule has 4 N–H and O–H groups in total. The van der Waals surface area contributed by atoms with Crippen molar-refractivity contribution >= 4 is 47.0 Å². The first-order valence-corrected chi connectivity index (χ1v) is 18.8. The zero-order chi connectivity index (χ0) is 40.3. The van der Waals surface area contributed by atoms with Crippen molar-refractivity contribution in [2.24, 2.45) is 5.41 Å². The topological polar surface area (TPSA) is 163 Å². The summed E-state index contributed by atoms with van der Waals surface area (Å²) in [6.07, 6.45) is 1.67. The van der Waals surface area contributed by atoms with Gasteiger partial charge < -0.3 is 30.2 Å². The smallest absolute Gasteiger partial charge is 0.321 e. The summed E-state index contributed by atoms with van der Waals surface area (Å²) in [6, 6.07) is 9.43. The molecule has 2 aromatic heterocycles. The van der Waals surface area contributed by atoms with Crippen LogP contribution < -0.4 is 10.6 Å². The minimum absolute atomic E-state index is 0.00736. The lowest BCUT2D eigenvalue weighted by molar-refractivity contribution is -0.145. The summed E-state index contributed by atoms with van der Waals surface area (Å²) < 4.78 is 27.1. The van der Waals surface area contributed by atoms with E-state index in [0.717, 1.165) is 60.6 Å². The summed E-state index contributed by atoms with van der Waals surface area (Å²) >= 11 is 5.86. The van der Waals surface area contributed by atoms with Crippen molar-refractivity contribution < 1.29 is 28.0 Å². The Balaban J connectivity index is 0.000000174. The van der Waals surface area contributed by atoms with Gasteiger partial charge in [-0.2, -0.15) is 10.2 Å². The second-order valence-electron chi connectivity index (χ2n) is 16.3. The molecule has 0 radical (unpaired) electrons. The third kappa shape index (κ3) is 7.11. The van der Waals surface area contributed by atoms with Crippen LogP contribution in [0.4, 0.5) is 25.2 Å². The number of nitrogens with zero attached hydrogens (tertiary/aromatic N) is 6. The maximum absolute atomic E-state index is 13.9. The zero-order valence-corrected chi connectivity index (χ0v) is 32.9. The van der Waals surface area contributed by atoms with Crippen LogP contribution in [0.3, 0.4) is 0 Å². The maximum Gasteiger partial charge on any atom is 0.321 e. The number of aromatic amines is 2. The van der Waals surface area contributed by atoms with Crippen molar-refractivity contribution in [1.29, 1.82) is 0 Å². The van der Waals surface area contributed by atoms with Crippen LogP contribution in [0, 0.1) is 17.0 Å².